The number of hydrogen-bond acceptors (Lipinski definition) is 3. The average Bonchev–Trinajstić information content (AvgIpc) is 3.16. The topological polar surface area (TPSA) is 79.2 Å². The lowest BCUT2D eigenvalue weighted by molar-refractivity contribution is -0.384. The van der Waals surface area contributed by atoms with Crippen LogP contribution in [0.4, 0.5) is 10.1 Å². The van der Waals surface area contributed by atoms with Gasteiger partial charge in [-0.1, -0.05) is 41.9 Å². The Labute approximate surface area is 187 Å². The first-order valence-electron chi connectivity index (χ1n) is 10.0. The molecule has 1 N–H and O–H groups in total. The first-order valence-corrected chi connectivity index (χ1v) is 10.4. The van der Waals surface area contributed by atoms with Crippen molar-refractivity contribution >= 4 is 34.1 Å². The molecule has 1 atom stereocenters. The van der Waals surface area contributed by atoms with Crippen molar-refractivity contribution in [3.8, 4) is 0 Å². The van der Waals surface area contributed by atoms with E-state index in [2.05, 4.69) is 4.98 Å². The number of hydrogen-bond donors (Lipinski definition) is 1. The SMILES string of the molecule is O=C(c1ccccc1F)N1CCc2c([nH]c3ccccc23)C1c1ccc([N+](=O)[O-])c(Cl)c1. The summed E-state index contributed by atoms with van der Waals surface area (Å²) in [5.41, 5.74) is 3.17. The minimum Gasteiger partial charge on any atom is -0.356 e. The summed E-state index contributed by atoms with van der Waals surface area (Å²) < 4.78 is 14.4. The van der Waals surface area contributed by atoms with E-state index in [4.69, 9.17) is 11.6 Å². The van der Waals surface area contributed by atoms with Gasteiger partial charge in [0.2, 0.25) is 0 Å². The molecule has 1 unspecified atom stereocenters. The minimum atomic E-state index is -0.600. The molecule has 160 valence electrons. The van der Waals surface area contributed by atoms with Crippen molar-refractivity contribution in [1.29, 1.82) is 0 Å². The first-order chi connectivity index (χ1) is 15.5. The summed E-state index contributed by atoms with van der Waals surface area (Å²) in [6.07, 6.45) is 0.594. The number of benzene rings is 3. The number of carbonyl (C=O) groups is 1. The maximum atomic E-state index is 14.4. The maximum Gasteiger partial charge on any atom is 0.287 e. The van der Waals surface area contributed by atoms with E-state index >= 15 is 0 Å². The van der Waals surface area contributed by atoms with Crippen molar-refractivity contribution in [2.24, 2.45) is 0 Å². The predicted octanol–water partition coefficient (Wildman–Crippen LogP) is 5.66. The molecule has 0 aliphatic carbocycles. The summed E-state index contributed by atoms with van der Waals surface area (Å²) in [5, 5.41) is 12.3. The maximum absolute atomic E-state index is 14.4. The van der Waals surface area contributed by atoms with E-state index in [9.17, 15) is 19.3 Å². The van der Waals surface area contributed by atoms with Crippen LogP contribution < -0.4 is 0 Å². The second-order valence-electron chi connectivity index (χ2n) is 7.66. The van der Waals surface area contributed by atoms with E-state index in [-0.39, 0.29) is 16.3 Å². The van der Waals surface area contributed by atoms with Crippen molar-refractivity contribution in [2.45, 2.75) is 12.5 Å². The van der Waals surface area contributed by atoms with Gasteiger partial charge in [0.15, 0.2) is 0 Å². The van der Waals surface area contributed by atoms with Crippen molar-refractivity contribution in [3.63, 3.8) is 0 Å². The quantitative estimate of drug-likeness (QED) is 0.324. The first kappa shape index (κ1) is 20.2. The van der Waals surface area contributed by atoms with Gasteiger partial charge >= 0.3 is 0 Å². The zero-order valence-corrected chi connectivity index (χ0v) is 17.5. The Hall–Kier alpha value is -3.71. The molecule has 0 bridgehead atoms. The largest absolute Gasteiger partial charge is 0.356 e. The zero-order valence-electron chi connectivity index (χ0n) is 16.7. The fourth-order valence-corrected chi connectivity index (χ4v) is 4.69. The molecule has 3 aromatic carbocycles. The molecule has 0 radical (unpaired) electrons. The highest BCUT2D eigenvalue weighted by molar-refractivity contribution is 6.32. The summed E-state index contributed by atoms with van der Waals surface area (Å²) in [7, 11) is 0. The highest BCUT2D eigenvalue weighted by atomic mass is 35.5. The Morgan fingerprint density at radius 2 is 1.88 bits per heavy atom. The number of nitro benzene ring substituents is 1. The van der Waals surface area contributed by atoms with Crippen LogP contribution in [-0.4, -0.2) is 27.3 Å². The van der Waals surface area contributed by atoms with Crippen molar-refractivity contribution in [2.75, 3.05) is 6.54 Å². The van der Waals surface area contributed by atoms with Crippen LogP contribution in [0, 0.1) is 15.9 Å². The molecule has 8 heteroatoms. The molecule has 4 aromatic rings. The van der Waals surface area contributed by atoms with Gasteiger partial charge in [-0.2, -0.15) is 0 Å². The number of aromatic amines is 1. The van der Waals surface area contributed by atoms with Crippen LogP contribution in [0.5, 0.6) is 0 Å². The molecule has 1 aliphatic rings. The number of fused-ring (bicyclic) bond motifs is 3. The van der Waals surface area contributed by atoms with Gasteiger partial charge in [0.1, 0.15) is 10.8 Å². The van der Waals surface area contributed by atoms with Crippen LogP contribution in [0.2, 0.25) is 5.02 Å². The smallest absolute Gasteiger partial charge is 0.287 e. The normalized spacial score (nSPS) is 15.6. The number of rotatable bonds is 3. The fraction of sp³-hybridized carbons (Fsp3) is 0.125. The molecular formula is C24H17ClFN3O3. The van der Waals surface area contributed by atoms with E-state index in [0.29, 0.717) is 18.5 Å². The Morgan fingerprint density at radius 3 is 2.62 bits per heavy atom. The van der Waals surface area contributed by atoms with Gasteiger partial charge in [-0.25, -0.2) is 4.39 Å². The number of aromatic nitrogens is 1. The van der Waals surface area contributed by atoms with Crippen LogP contribution in [0.25, 0.3) is 10.9 Å². The third-order valence-electron chi connectivity index (χ3n) is 5.88. The molecule has 0 fully saturated rings. The van der Waals surface area contributed by atoms with Crippen molar-refractivity contribution in [1.82, 2.24) is 9.88 Å². The Bertz CT molecular complexity index is 1380. The summed E-state index contributed by atoms with van der Waals surface area (Å²) in [6.45, 7) is 0.362. The lowest BCUT2D eigenvalue weighted by atomic mass is 9.91. The van der Waals surface area contributed by atoms with Gasteiger partial charge in [-0.3, -0.25) is 14.9 Å². The minimum absolute atomic E-state index is 0.0194. The standard InChI is InChI=1S/C24H17ClFN3O3/c25-18-13-14(9-10-21(18)29(31)32)23-22-16(15-5-2-4-8-20(15)27-22)11-12-28(23)24(30)17-6-1-3-7-19(17)26/h1-10,13,23,27H,11-12H2. The molecule has 1 amide bonds. The molecule has 5 rings (SSSR count). The monoisotopic (exact) mass is 449 g/mol. The Kier molecular flexibility index (Phi) is 4.90. The third kappa shape index (κ3) is 3.22. The van der Waals surface area contributed by atoms with Gasteiger partial charge < -0.3 is 9.88 Å². The molecule has 0 saturated carbocycles. The summed E-state index contributed by atoms with van der Waals surface area (Å²) in [5.74, 6) is -1.05. The Balaban J connectivity index is 1.69. The third-order valence-corrected chi connectivity index (χ3v) is 6.19. The second kappa shape index (κ2) is 7.76. The molecule has 6 nitrogen and oxygen atoms in total. The highest BCUT2D eigenvalue weighted by Crippen LogP contribution is 2.41. The van der Waals surface area contributed by atoms with Crippen molar-refractivity contribution < 1.29 is 14.1 Å². The van der Waals surface area contributed by atoms with Crippen LogP contribution in [0.3, 0.4) is 0 Å². The fourth-order valence-electron chi connectivity index (χ4n) is 4.44. The number of nitrogens with zero attached hydrogens (tertiary/aromatic N) is 2. The van der Waals surface area contributed by atoms with Crippen LogP contribution >= 0.6 is 11.6 Å². The summed E-state index contributed by atoms with van der Waals surface area (Å²) in [4.78, 5) is 29.1. The number of nitrogens with one attached hydrogen (secondary N) is 1. The molecular weight excluding hydrogens is 433 g/mol. The van der Waals surface area contributed by atoms with Gasteiger partial charge in [0, 0.05) is 29.2 Å². The number of para-hydroxylation sites is 1. The lowest BCUT2D eigenvalue weighted by Gasteiger charge is -2.36. The molecule has 32 heavy (non-hydrogen) atoms. The zero-order chi connectivity index (χ0) is 22.4. The van der Waals surface area contributed by atoms with Crippen LogP contribution in [0.1, 0.15) is 33.2 Å². The van der Waals surface area contributed by atoms with E-state index in [1.807, 2.05) is 24.3 Å². The van der Waals surface area contributed by atoms with E-state index in [1.165, 1.54) is 30.3 Å². The molecule has 1 aliphatic heterocycles. The number of nitro groups is 1. The molecule has 2 heterocycles. The predicted molar refractivity (Wildman–Crippen MR) is 119 cm³/mol. The van der Waals surface area contributed by atoms with E-state index in [0.717, 1.165) is 22.2 Å². The molecule has 0 saturated heterocycles. The summed E-state index contributed by atoms with van der Waals surface area (Å²) >= 11 is 6.20. The van der Waals surface area contributed by atoms with Gasteiger partial charge in [0.05, 0.1) is 16.5 Å². The molecule has 1 aromatic heterocycles. The number of H-pyrrole nitrogens is 1. The van der Waals surface area contributed by atoms with Gasteiger partial charge in [0.25, 0.3) is 11.6 Å². The number of amides is 1. The average molecular weight is 450 g/mol. The van der Waals surface area contributed by atoms with Crippen molar-refractivity contribution in [3.05, 3.63) is 110 Å². The lowest BCUT2D eigenvalue weighted by Crippen LogP contribution is -2.41. The number of carbonyl (C=O) groups excluding carboxylic acids is 1. The number of halogens is 2. The highest BCUT2D eigenvalue weighted by Gasteiger charge is 2.36. The summed E-state index contributed by atoms with van der Waals surface area (Å²) in [6, 6.07) is 17.5. The van der Waals surface area contributed by atoms with E-state index in [1.54, 1.807) is 17.0 Å². The van der Waals surface area contributed by atoms with Gasteiger partial charge in [-0.15, -0.1) is 0 Å². The Morgan fingerprint density at radius 1 is 1.12 bits per heavy atom. The van der Waals surface area contributed by atoms with Crippen LogP contribution in [-0.2, 0) is 6.42 Å². The molecule has 0 spiro atoms. The van der Waals surface area contributed by atoms with Gasteiger partial charge in [-0.05, 0) is 47.9 Å². The second-order valence-corrected chi connectivity index (χ2v) is 8.07. The van der Waals surface area contributed by atoms with E-state index < -0.39 is 22.7 Å². The van der Waals surface area contributed by atoms with Crippen LogP contribution in [0.15, 0.2) is 66.7 Å².